The molecule has 3 aliphatic rings. The van der Waals surface area contributed by atoms with Crippen molar-refractivity contribution in [2.75, 3.05) is 26.4 Å². The minimum Gasteiger partial charge on any atom is -0.484 e. The van der Waals surface area contributed by atoms with Crippen molar-refractivity contribution >= 4 is 5.91 Å². The van der Waals surface area contributed by atoms with E-state index in [4.69, 9.17) is 9.47 Å². The molecule has 2 saturated heterocycles. The number of fused-ring (bicyclic) bond motifs is 1. The number of likely N-dealkylation sites (tertiary alicyclic amines) is 1. The summed E-state index contributed by atoms with van der Waals surface area (Å²) in [4.78, 5) is 14.7. The maximum absolute atomic E-state index is 12.7. The Balaban J connectivity index is 1.36. The maximum Gasteiger partial charge on any atom is 0.260 e. The first kappa shape index (κ1) is 16.9. The fraction of sp³-hybridized carbons (Fsp3) is 0.667. The van der Waals surface area contributed by atoms with Crippen LogP contribution in [0.25, 0.3) is 0 Å². The van der Waals surface area contributed by atoms with Gasteiger partial charge in [0.05, 0.1) is 0 Å². The van der Waals surface area contributed by atoms with Gasteiger partial charge in [0.25, 0.3) is 5.91 Å². The van der Waals surface area contributed by atoms with Crippen LogP contribution in [-0.4, -0.2) is 43.2 Å². The first-order valence-corrected chi connectivity index (χ1v) is 9.80. The van der Waals surface area contributed by atoms with E-state index >= 15 is 0 Å². The van der Waals surface area contributed by atoms with Crippen LogP contribution < -0.4 is 4.74 Å². The smallest absolute Gasteiger partial charge is 0.260 e. The molecule has 0 saturated carbocycles. The highest BCUT2D eigenvalue weighted by Crippen LogP contribution is 2.44. The summed E-state index contributed by atoms with van der Waals surface area (Å²) in [7, 11) is 0. The molecule has 0 N–H and O–H groups in total. The first-order chi connectivity index (χ1) is 12.2. The van der Waals surface area contributed by atoms with E-state index < -0.39 is 0 Å². The van der Waals surface area contributed by atoms with Crippen LogP contribution in [0.4, 0.5) is 0 Å². The topological polar surface area (TPSA) is 38.8 Å². The standard InChI is InChI=1S/C21H29NO3/c1-16-21(9-12-24-13-10-21)8-11-22(16)20(23)15-25-19-7-6-17-4-2-3-5-18(17)14-19/h6-7,14,16H,2-5,8-13,15H2,1H3. The predicted octanol–water partition coefficient (Wildman–Crippen LogP) is 3.36. The SMILES string of the molecule is CC1N(C(=O)COc2ccc3c(c2)CCCC3)CCC12CCOCC2. The van der Waals surface area contributed by atoms with Gasteiger partial charge >= 0.3 is 0 Å². The molecule has 25 heavy (non-hydrogen) atoms. The Labute approximate surface area is 150 Å². The third-order valence-corrected chi connectivity index (χ3v) is 6.70. The van der Waals surface area contributed by atoms with Crippen molar-refractivity contribution in [1.29, 1.82) is 0 Å². The van der Waals surface area contributed by atoms with Gasteiger partial charge in [-0.3, -0.25) is 4.79 Å². The van der Waals surface area contributed by atoms with Crippen molar-refractivity contribution in [3.8, 4) is 5.75 Å². The van der Waals surface area contributed by atoms with Gasteiger partial charge in [0.1, 0.15) is 5.75 Å². The highest BCUT2D eigenvalue weighted by atomic mass is 16.5. The van der Waals surface area contributed by atoms with E-state index in [9.17, 15) is 4.79 Å². The van der Waals surface area contributed by atoms with Crippen LogP contribution in [0.3, 0.4) is 0 Å². The van der Waals surface area contributed by atoms with Crippen molar-refractivity contribution in [2.45, 2.75) is 57.9 Å². The monoisotopic (exact) mass is 343 g/mol. The van der Waals surface area contributed by atoms with Gasteiger partial charge in [0.2, 0.25) is 0 Å². The summed E-state index contributed by atoms with van der Waals surface area (Å²) in [6.45, 7) is 4.87. The van der Waals surface area contributed by atoms with Crippen LogP contribution in [0.5, 0.6) is 5.75 Å². The van der Waals surface area contributed by atoms with Gasteiger partial charge in [-0.05, 0) is 80.5 Å². The summed E-state index contributed by atoms with van der Waals surface area (Å²) in [6.07, 6.45) is 8.09. The number of ether oxygens (including phenoxy) is 2. The van der Waals surface area contributed by atoms with Crippen LogP contribution in [0.1, 0.15) is 50.2 Å². The minimum atomic E-state index is 0.119. The van der Waals surface area contributed by atoms with Crippen molar-refractivity contribution in [3.05, 3.63) is 29.3 Å². The summed E-state index contributed by atoms with van der Waals surface area (Å²) in [5, 5.41) is 0. The summed E-state index contributed by atoms with van der Waals surface area (Å²) in [6, 6.07) is 6.61. The molecule has 0 bridgehead atoms. The zero-order valence-electron chi connectivity index (χ0n) is 15.3. The van der Waals surface area contributed by atoms with Crippen molar-refractivity contribution in [1.82, 2.24) is 4.90 Å². The van der Waals surface area contributed by atoms with Gasteiger partial charge in [-0.15, -0.1) is 0 Å². The number of hydrogen-bond donors (Lipinski definition) is 0. The van der Waals surface area contributed by atoms with Crippen molar-refractivity contribution < 1.29 is 14.3 Å². The molecule has 2 aliphatic heterocycles. The Kier molecular flexibility index (Phi) is 4.72. The summed E-state index contributed by atoms with van der Waals surface area (Å²) in [5.74, 6) is 0.954. The van der Waals surface area contributed by atoms with Gasteiger partial charge < -0.3 is 14.4 Å². The van der Waals surface area contributed by atoms with Crippen LogP contribution in [-0.2, 0) is 22.4 Å². The largest absolute Gasteiger partial charge is 0.484 e. The molecule has 1 unspecified atom stereocenters. The number of rotatable bonds is 3. The number of aryl methyl sites for hydroxylation is 2. The second kappa shape index (κ2) is 6.99. The van der Waals surface area contributed by atoms with E-state index in [0.29, 0.717) is 0 Å². The van der Waals surface area contributed by atoms with Gasteiger partial charge in [-0.1, -0.05) is 6.07 Å². The molecule has 1 aromatic carbocycles. The number of nitrogens with zero attached hydrogens (tertiary/aromatic N) is 1. The van der Waals surface area contributed by atoms with Crippen molar-refractivity contribution in [2.24, 2.45) is 5.41 Å². The third kappa shape index (κ3) is 3.29. The minimum absolute atomic E-state index is 0.119. The molecule has 1 spiro atoms. The van der Waals surface area contributed by atoms with E-state index in [0.717, 1.165) is 51.2 Å². The second-order valence-corrected chi connectivity index (χ2v) is 7.91. The van der Waals surface area contributed by atoms with E-state index in [-0.39, 0.29) is 24.0 Å². The molecular weight excluding hydrogens is 314 g/mol. The lowest BCUT2D eigenvalue weighted by atomic mass is 9.74. The highest BCUT2D eigenvalue weighted by molar-refractivity contribution is 5.78. The second-order valence-electron chi connectivity index (χ2n) is 7.91. The fourth-order valence-corrected chi connectivity index (χ4v) is 4.89. The molecule has 1 atom stereocenters. The molecule has 4 rings (SSSR count). The molecule has 0 aromatic heterocycles. The summed E-state index contributed by atoms with van der Waals surface area (Å²) < 4.78 is 11.4. The number of benzene rings is 1. The lowest BCUT2D eigenvalue weighted by Crippen LogP contribution is -2.44. The highest BCUT2D eigenvalue weighted by Gasteiger charge is 2.47. The number of carbonyl (C=O) groups excluding carboxylic acids is 1. The molecule has 2 fully saturated rings. The van der Waals surface area contributed by atoms with Crippen LogP contribution in [0.15, 0.2) is 18.2 Å². The first-order valence-electron chi connectivity index (χ1n) is 9.80. The molecule has 1 aliphatic carbocycles. The summed E-state index contributed by atoms with van der Waals surface area (Å²) >= 11 is 0. The molecule has 4 heteroatoms. The molecule has 0 radical (unpaired) electrons. The van der Waals surface area contributed by atoms with E-state index in [1.54, 1.807) is 0 Å². The fourth-order valence-electron chi connectivity index (χ4n) is 4.89. The lowest BCUT2D eigenvalue weighted by Gasteiger charge is -2.38. The molecule has 4 nitrogen and oxygen atoms in total. The van der Waals surface area contributed by atoms with Gasteiger partial charge in [0.15, 0.2) is 6.61 Å². The number of amides is 1. The average Bonchev–Trinajstić information content (AvgIpc) is 2.96. The average molecular weight is 343 g/mol. The molecule has 2 heterocycles. The van der Waals surface area contributed by atoms with Crippen LogP contribution in [0, 0.1) is 5.41 Å². The molecule has 1 aromatic rings. The van der Waals surface area contributed by atoms with E-state index in [2.05, 4.69) is 19.1 Å². The Bertz CT molecular complexity index is 636. The summed E-state index contributed by atoms with van der Waals surface area (Å²) in [5.41, 5.74) is 3.10. The van der Waals surface area contributed by atoms with E-state index in [1.165, 1.54) is 30.4 Å². The quantitative estimate of drug-likeness (QED) is 0.845. The van der Waals surface area contributed by atoms with Gasteiger partial charge in [0, 0.05) is 25.8 Å². The predicted molar refractivity (Wildman–Crippen MR) is 96.9 cm³/mol. The lowest BCUT2D eigenvalue weighted by molar-refractivity contribution is -0.135. The van der Waals surface area contributed by atoms with Crippen LogP contribution >= 0.6 is 0 Å². The third-order valence-electron chi connectivity index (χ3n) is 6.70. The Hall–Kier alpha value is -1.55. The molecule has 136 valence electrons. The van der Waals surface area contributed by atoms with Gasteiger partial charge in [-0.25, -0.2) is 0 Å². The maximum atomic E-state index is 12.7. The van der Waals surface area contributed by atoms with Crippen LogP contribution in [0.2, 0.25) is 0 Å². The number of carbonyl (C=O) groups is 1. The van der Waals surface area contributed by atoms with Crippen molar-refractivity contribution in [3.63, 3.8) is 0 Å². The van der Waals surface area contributed by atoms with Gasteiger partial charge in [-0.2, -0.15) is 0 Å². The molecule has 1 amide bonds. The Morgan fingerprint density at radius 3 is 2.76 bits per heavy atom. The Morgan fingerprint density at radius 1 is 1.20 bits per heavy atom. The Morgan fingerprint density at radius 2 is 1.96 bits per heavy atom. The number of hydrogen-bond acceptors (Lipinski definition) is 3. The van der Waals surface area contributed by atoms with E-state index in [1.807, 2.05) is 11.0 Å². The molecular formula is C21H29NO3. The normalized spacial score (nSPS) is 25.0. The zero-order chi connectivity index (χ0) is 17.3. The zero-order valence-corrected chi connectivity index (χ0v) is 15.3.